The zero-order chi connectivity index (χ0) is 22.0. The van der Waals surface area contributed by atoms with Gasteiger partial charge in [0.25, 0.3) is 0 Å². The fraction of sp³-hybridized carbons (Fsp3) is 0.364. The van der Waals surface area contributed by atoms with Gasteiger partial charge in [-0.3, -0.25) is 5.32 Å². The van der Waals surface area contributed by atoms with Crippen LogP contribution >= 0.6 is 0 Å². The Hall–Kier alpha value is -3.62. The van der Waals surface area contributed by atoms with Gasteiger partial charge in [0.15, 0.2) is 11.6 Å². The Kier molecular flexibility index (Phi) is 5.50. The number of carbonyl (C=O) groups is 1. The molecule has 0 fully saturated rings. The largest absolute Gasteiger partial charge is 0.444 e. The van der Waals surface area contributed by atoms with Crippen molar-refractivity contribution in [3.8, 4) is 5.82 Å². The highest BCUT2D eigenvalue weighted by atomic mass is 16.6. The molecule has 1 aliphatic carbocycles. The normalized spacial score (nSPS) is 15.8. The highest BCUT2D eigenvalue weighted by Gasteiger charge is 2.23. The van der Waals surface area contributed by atoms with Gasteiger partial charge in [0, 0.05) is 18.1 Å². The lowest BCUT2D eigenvalue weighted by atomic mass is 9.87. The number of hydrogen-bond donors (Lipinski definition) is 3. The zero-order valence-electron chi connectivity index (χ0n) is 17.9. The third-order valence-corrected chi connectivity index (χ3v) is 5.00. The number of nitrogens with two attached hydrogens (primary N) is 1. The smallest absolute Gasteiger partial charge is 0.412 e. The number of amides is 1. The third-order valence-electron chi connectivity index (χ3n) is 5.00. The van der Waals surface area contributed by atoms with Crippen LogP contribution in [0.25, 0.3) is 5.82 Å². The summed E-state index contributed by atoms with van der Waals surface area (Å²) in [6.07, 6.45) is 7.39. The van der Waals surface area contributed by atoms with Crippen molar-refractivity contribution >= 4 is 23.3 Å². The summed E-state index contributed by atoms with van der Waals surface area (Å²) in [6.45, 7) is 5.52. The number of nitrogens with zero attached hydrogens (tertiary/aromatic N) is 4. The van der Waals surface area contributed by atoms with Crippen LogP contribution in [0.15, 0.2) is 43.0 Å². The Morgan fingerprint density at radius 2 is 2.13 bits per heavy atom. The molecule has 9 nitrogen and oxygen atoms in total. The zero-order valence-corrected chi connectivity index (χ0v) is 17.9. The van der Waals surface area contributed by atoms with E-state index in [0.717, 1.165) is 24.9 Å². The molecule has 0 aliphatic heterocycles. The van der Waals surface area contributed by atoms with E-state index in [2.05, 4.69) is 25.7 Å². The van der Waals surface area contributed by atoms with Crippen LogP contribution in [0.4, 0.5) is 22.0 Å². The molecule has 1 amide bonds. The topological polar surface area (TPSA) is 120 Å². The number of aryl methyl sites for hydroxylation is 1. The molecule has 4 N–H and O–H groups in total. The highest BCUT2D eigenvalue weighted by molar-refractivity contribution is 5.85. The summed E-state index contributed by atoms with van der Waals surface area (Å²) in [5, 5.41) is 10.5. The molecule has 2 heterocycles. The van der Waals surface area contributed by atoms with E-state index in [0.29, 0.717) is 17.3 Å². The SMILES string of the molecule is CC(C)(C)OC(=O)Nc1ccc2c(c1)CCCC2Nc1ncnc(-n2cccn2)c1N. The lowest BCUT2D eigenvalue weighted by Gasteiger charge is -2.28. The van der Waals surface area contributed by atoms with Crippen molar-refractivity contribution < 1.29 is 9.53 Å². The Morgan fingerprint density at radius 3 is 2.87 bits per heavy atom. The lowest BCUT2D eigenvalue weighted by molar-refractivity contribution is 0.0636. The standard InChI is InChI=1S/C22H27N7O2/c1-22(2,3)31-21(30)27-15-8-9-16-14(12-15)6-4-7-17(16)28-19-18(23)20(25-13-24-19)29-11-5-10-26-29/h5,8-13,17H,4,6-7,23H2,1-3H3,(H,27,30)(H,24,25,28). The van der Waals surface area contributed by atoms with Crippen LogP contribution in [0.2, 0.25) is 0 Å². The predicted octanol–water partition coefficient (Wildman–Crippen LogP) is 4.08. The van der Waals surface area contributed by atoms with Crippen LogP contribution in [0, 0.1) is 0 Å². The second-order valence-corrected chi connectivity index (χ2v) is 8.54. The number of aromatic nitrogens is 4. The van der Waals surface area contributed by atoms with Gasteiger partial charge < -0.3 is 15.8 Å². The molecular formula is C22H27N7O2. The van der Waals surface area contributed by atoms with Crippen LogP contribution in [0.1, 0.15) is 50.8 Å². The summed E-state index contributed by atoms with van der Waals surface area (Å²) < 4.78 is 6.96. The first-order valence-electron chi connectivity index (χ1n) is 10.3. The van der Waals surface area contributed by atoms with Crippen molar-refractivity contribution in [2.24, 2.45) is 0 Å². The van der Waals surface area contributed by atoms with E-state index in [9.17, 15) is 4.79 Å². The van der Waals surface area contributed by atoms with E-state index in [4.69, 9.17) is 10.5 Å². The summed E-state index contributed by atoms with van der Waals surface area (Å²) in [4.78, 5) is 20.7. The number of hydrogen-bond acceptors (Lipinski definition) is 7. The van der Waals surface area contributed by atoms with Gasteiger partial charge in [-0.25, -0.2) is 19.4 Å². The molecule has 0 bridgehead atoms. The fourth-order valence-electron chi connectivity index (χ4n) is 3.71. The second kappa shape index (κ2) is 8.25. The van der Waals surface area contributed by atoms with Crippen molar-refractivity contribution in [3.05, 3.63) is 54.1 Å². The lowest BCUT2D eigenvalue weighted by Crippen LogP contribution is -2.27. The van der Waals surface area contributed by atoms with Gasteiger partial charge in [0.2, 0.25) is 0 Å². The number of nitrogens with one attached hydrogen (secondary N) is 2. The maximum atomic E-state index is 12.1. The quantitative estimate of drug-likeness (QED) is 0.580. The molecule has 1 atom stereocenters. The van der Waals surface area contributed by atoms with Crippen molar-refractivity contribution in [2.75, 3.05) is 16.4 Å². The molecule has 1 unspecified atom stereocenters. The fourth-order valence-corrected chi connectivity index (χ4v) is 3.71. The van der Waals surface area contributed by atoms with Crippen molar-refractivity contribution in [2.45, 2.75) is 51.7 Å². The molecule has 0 saturated carbocycles. The first-order valence-corrected chi connectivity index (χ1v) is 10.3. The Bertz CT molecular complexity index is 1070. The summed E-state index contributed by atoms with van der Waals surface area (Å²) in [5.74, 6) is 1.12. The van der Waals surface area contributed by atoms with Crippen LogP contribution in [0.3, 0.4) is 0 Å². The molecule has 1 aliphatic rings. The molecule has 162 valence electrons. The average molecular weight is 422 g/mol. The monoisotopic (exact) mass is 421 g/mol. The number of nitrogen functional groups attached to an aromatic ring is 1. The minimum Gasteiger partial charge on any atom is -0.444 e. The van der Waals surface area contributed by atoms with E-state index in [1.54, 1.807) is 17.1 Å². The first kappa shape index (κ1) is 20.6. The van der Waals surface area contributed by atoms with Crippen molar-refractivity contribution in [1.29, 1.82) is 0 Å². The van der Waals surface area contributed by atoms with Gasteiger partial charge in [-0.05, 0) is 69.4 Å². The van der Waals surface area contributed by atoms with Gasteiger partial charge in [-0.15, -0.1) is 0 Å². The van der Waals surface area contributed by atoms with Gasteiger partial charge in [-0.1, -0.05) is 6.07 Å². The average Bonchev–Trinajstić information content (AvgIpc) is 3.22. The van der Waals surface area contributed by atoms with Crippen LogP contribution in [-0.4, -0.2) is 31.4 Å². The van der Waals surface area contributed by atoms with Crippen molar-refractivity contribution in [1.82, 2.24) is 19.7 Å². The summed E-state index contributed by atoms with van der Waals surface area (Å²) in [5.41, 5.74) is 9.30. The molecular weight excluding hydrogens is 394 g/mol. The number of ether oxygens (including phenoxy) is 1. The molecule has 1 aromatic carbocycles. The number of fused-ring (bicyclic) bond motifs is 1. The summed E-state index contributed by atoms with van der Waals surface area (Å²) in [7, 11) is 0. The molecule has 0 spiro atoms. The molecule has 0 saturated heterocycles. The maximum Gasteiger partial charge on any atom is 0.412 e. The first-order chi connectivity index (χ1) is 14.8. The summed E-state index contributed by atoms with van der Waals surface area (Å²) in [6, 6.07) is 7.80. The van der Waals surface area contributed by atoms with Gasteiger partial charge in [0.1, 0.15) is 17.6 Å². The highest BCUT2D eigenvalue weighted by Crippen LogP contribution is 2.35. The van der Waals surface area contributed by atoms with E-state index in [1.165, 1.54) is 17.5 Å². The Labute approximate surface area is 181 Å². The number of benzene rings is 1. The Morgan fingerprint density at radius 1 is 1.29 bits per heavy atom. The van der Waals surface area contributed by atoms with E-state index in [1.807, 2.05) is 45.0 Å². The molecule has 4 rings (SSSR count). The Balaban J connectivity index is 1.53. The van der Waals surface area contributed by atoms with E-state index >= 15 is 0 Å². The number of carbonyl (C=O) groups excluding carboxylic acids is 1. The van der Waals surface area contributed by atoms with Crippen molar-refractivity contribution in [3.63, 3.8) is 0 Å². The molecule has 2 aromatic heterocycles. The molecule has 9 heteroatoms. The minimum atomic E-state index is -0.542. The van der Waals surface area contributed by atoms with Gasteiger partial charge >= 0.3 is 6.09 Å². The minimum absolute atomic E-state index is 0.0574. The molecule has 3 aromatic rings. The maximum absolute atomic E-state index is 12.1. The number of anilines is 3. The summed E-state index contributed by atoms with van der Waals surface area (Å²) >= 11 is 0. The van der Waals surface area contributed by atoms with Crippen LogP contribution in [0.5, 0.6) is 0 Å². The molecule has 31 heavy (non-hydrogen) atoms. The number of rotatable bonds is 4. The van der Waals surface area contributed by atoms with Crippen LogP contribution in [-0.2, 0) is 11.2 Å². The van der Waals surface area contributed by atoms with Gasteiger partial charge in [-0.2, -0.15) is 5.10 Å². The van der Waals surface area contributed by atoms with Crippen LogP contribution < -0.4 is 16.4 Å². The van der Waals surface area contributed by atoms with E-state index < -0.39 is 11.7 Å². The van der Waals surface area contributed by atoms with E-state index in [-0.39, 0.29) is 6.04 Å². The van der Waals surface area contributed by atoms with Gasteiger partial charge in [0.05, 0.1) is 6.04 Å². The third kappa shape index (κ3) is 4.76. The molecule has 0 radical (unpaired) electrons. The predicted molar refractivity (Wildman–Crippen MR) is 119 cm³/mol. The second-order valence-electron chi connectivity index (χ2n) is 8.54.